The van der Waals surface area contributed by atoms with E-state index in [1.54, 1.807) is 0 Å². The number of carboxylic acid groups (broad SMARTS) is 6. The first-order chi connectivity index (χ1) is 21.4. The number of hydrogen-bond donors (Lipinski definition) is 7. The molecule has 0 spiro atoms. The minimum absolute atomic E-state index is 0.408. The van der Waals surface area contributed by atoms with Crippen molar-refractivity contribution in [1.82, 2.24) is 10.2 Å². The van der Waals surface area contributed by atoms with Crippen molar-refractivity contribution in [2.75, 3.05) is 7.11 Å². The first kappa shape index (κ1) is 37.7. The van der Waals surface area contributed by atoms with Crippen LogP contribution in [-0.4, -0.2) is 78.7 Å². The molecule has 17 heteroatoms. The molecule has 0 radical (unpaired) electrons. The van der Waals surface area contributed by atoms with Gasteiger partial charge in [-0.05, 0) is 61.4 Å². The fourth-order valence-electron chi connectivity index (χ4n) is 3.92. The number of nitrogens with one attached hydrogen (secondary N) is 4. The average Bonchev–Trinajstić information content (AvgIpc) is 3.51. The third kappa shape index (κ3) is 9.85. The van der Waals surface area contributed by atoms with E-state index >= 15 is 0 Å². The van der Waals surface area contributed by atoms with Gasteiger partial charge in [0, 0.05) is 21.0 Å². The van der Waals surface area contributed by atoms with Gasteiger partial charge in [0.05, 0.1) is 56.7 Å². The zero-order chi connectivity index (χ0) is 35.5. The number of H-pyrrole nitrogens is 4. The third-order valence-corrected chi connectivity index (χ3v) is 5.95. The van der Waals surface area contributed by atoms with Crippen molar-refractivity contribution >= 4 is 35.8 Å². The van der Waals surface area contributed by atoms with Gasteiger partial charge in [-0.2, -0.15) is 10.2 Å². The summed E-state index contributed by atoms with van der Waals surface area (Å²) in [5, 5.41) is 74.8. The Morgan fingerprint density at radius 2 is 0.717 bits per heavy atom. The molecule has 244 valence electrons. The number of carboxylic acids is 6. The number of aromatic carboxylic acids is 6. The summed E-state index contributed by atoms with van der Waals surface area (Å²) in [6.07, 6.45) is 0. The monoisotopic (exact) mass is 642 g/mol. The van der Waals surface area contributed by atoms with Gasteiger partial charge < -0.3 is 45.3 Å². The van der Waals surface area contributed by atoms with Crippen LogP contribution in [0.5, 0.6) is 0 Å². The standard InChI is InChI=1S/C10H14N4.2C9H6O6.CH4O/c1-5-9(6(2)12-11-5)10-7(3)13-14-8(10)4;2*10-7(11)4-1-5(8(12)13)3-6(2-4)9(14)15;1-2/h1-4H3,(H,11,12)(H,13,14);2*1-3H,(H,10,11)(H,12,13)(H,14,15);2H,1H3. The first-order valence-electron chi connectivity index (χ1n) is 12.7. The van der Waals surface area contributed by atoms with Crippen molar-refractivity contribution in [1.29, 1.82) is 0 Å². The fourth-order valence-corrected chi connectivity index (χ4v) is 3.92. The Morgan fingerprint density at radius 1 is 0.500 bits per heavy atom. The quantitative estimate of drug-likeness (QED) is 0.132. The number of aryl methyl sites for hydroxylation is 4. The molecule has 2 heterocycles. The SMILES string of the molecule is CO.Cc1[nH][nH+]c(C)c1-c1c(C)[nH][nH+]c1C.O=C([O-])c1cc(C(=O)O)cc(C(=O)O)c1.O=C([O-])c1cc(C(=O)O)cc(C(=O)O)c1. The molecule has 4 rings (SSSR count). The molecule has 0 atom stereocenters. The molecule has 0 aliphatic heterocycles. The summed E-state index contributed by atoms with van der Waals surface area (Å²) in [5.41, 5.74) is 4.60. The Bertz CT molecular complexity index is 1460. The van der Waals surface area contributed by atoms with Gasteiger partial charge in [-0.15, -0.1) is 10.2 Å². The lowest BCUT2D eigenvalue weighted by atomic mass is 10.0. The van der Waals surface area contributed by atoms with Crippen LogP contribution < -0.4 is 20.4 Å². The normalized spacial score (nSPS) is 9.70. The zero-order valence-corrected chi connectivity index (χ0v) is 25.0. The van der Waals surface area contributed by atoms with Crippen molar-refractivity contribution in [2.45, 2.75) is 27.7 Å². The second-order valence-electron chi connectivity index (χ2n) is 9.14. The highest BCUT2D eigenvalue weighted by molar-refractivity contribution is 5.99. The smallest absolute Gasteiger partial charge is 0.335 e. The molecule has 0 fully saturated rings. The molecule has 17 nitrogen and oxygen atoms in total. The first-order valence-corrected chi connectivity index (χ1v) is 12.7. The lowest BCUT2D eigenvalue weighted by Crippen LogP contribution is -2.23. The number of hydrogen-bond acceptors (Lipinski definition) is 9. The van der Waals surface area contributed by atoms with Crippen LogP contribution in [0.4, 0.5) is 0 Å². The number of aromatic amines is 4. The Kier molecular flexibility index (Phi) is 13.5. The molecule has 0 unspecified atom stereocenters. The molecule has 4 aromatic rings. The van der Waals surface area contributed by atoms with Gasteiger partial charge >= 0.3 is 23.9 Å². The highest BCUT2D eigenvalue weighted by Gasteiger charge is 2.22. The van der Waals surface area contributed by atoms with E-state index in [0.717, 1.165) is 43.5 Å². The maximum absolute atomic E-state index is 10.5. The Labute approximate surface area is 259 Å². The largest absolute Gasteiger partial charge is 0.545 e. The van der Waals surface area contributed by atoms with Crippen LogP contribution in [0.15, 0.2) is 36.4 Å². The molecule has 46 heavy (non-hydrogen) atoms. The second-order valence-corrected chi connectivity index (χ2v) is 9.14. The van der Waals surface area contributed by atoms with Crippen LogP contribution in [0.25, 0.3) is 11.1 Å². The summed E-state index contributed by atoms with van der Waals surface area (Å²) in [6, 6.07) is 5.09. The summed E-state index contributed by atoms with van der Waals surface area (Å²) in [7, 11) is 1.00. The molecule has 0 aliphatic rings. The van der Waals surface area contributed by atoms with Crippen LogP contribution in [0.2, 0.25) is 0 Å². The van der Waals surface area contributed by atoms with Crippen molar-refractivity contribution in [3.8, 4) is 11.1 Å². The lowest BCUT2D eigenvalue weighted by Gasteiger charge is -2.05. The number of aliphatic hydroxyl groups is 1. The number of aliphatic hydroxyl groups excluding tert-OH is 1. The lowest BCUT2D eigenvalue weighted by molar-refractivity contribution is -0.458. The Balaban J connectivity index is 0.000000336. The minimum Gasteiger partial charge on any atom is -0.545 e. The second kappa shape index (κ2) is 16.5. The van der Waals surface area contributed by atoms with E-state index in [4.69, 9.17) is 25.5 Å². The van der Waals surface area contributed by atoms with E-state index in [9.17, 15) is 39.0 Å². The molecule has 2 aromatic heterocycles. The highest BCUT2D eigenvalue weighted by atomic mass is 16.4. The van der Waals surface area contributed by atoms with Gasteiger partial charge in [0.25, 0.3) is 0 Å². The van der Waals surface area contributed by atoms with Gasteiger partial charge in [0.15, 0.2) is 0 Å². The van der Waals surface area contributed by atoms with Crippen molar-refractivity contribution in [3.63, 3.8) is 0 Å². The van der Waals surface area contributed by atoms with Crippen LogP contribution in [0.1, 0.15) is 84.9 Å². The molecule has 9 N–H and O–H groups in total. The van der Waals surface area contributed by atoms with E-state index < -0.39 is 69.2 Å². The van der Waals surface area contributed by atoms with Crippen LogP contribution >= 0.6 is 0 Å². The summed E-state index contributed by atoms with van der Waals surface area (Å²) in [4.78, 5) is 63.1. The molecule has 0 bridgehead atoms. The van der Waals surface area contributed by atoms with E-state index in [-0.39, 0.29) is 0 Å². The number of aromatic nitrogens is 4. The van der Waals surface area contributed by atoms with Gasteiger partial charge in [-0.1, -0.05) is 0 Å². The topological polar surface area (TPSA) is 310 Å². The molecular formula is C29H30N4O13. The summed E-state index contributed by atoms with van der Waals surface area (Å²) < 4.78 is 0. The highest BCUT2D eigenvalue weighted by Crippen LogP contribution is 2.27. The summed E-state index contributed by atoms with van der Waals surface area (Å²) in [6.45, 7) is 8.30. The fraction of sp³-hybridized carbons (Fsp3) is 0.172. The van der Waals surface area contributed by atoms with Gasteiger partial charge in [0.2, 0.25) is 11.4 Å². The number of carbonyl (C=O) groups excluding carboxylic acids is 2. The van der Waals surface area contributed by atoms with Crippen molar-refractivity contribution < 1.29 is 74.7 Å². The van der Waals surface area contributed by atoms with E-state index in [2.05, 4.69) is 48.1 Å². The van der Waals surface area contributed by atoms with E-state index in [0.29, 0.717) is 0 Å². The van der Waals surface area contributed by atoms with Crippen molar-refractivity contribution in [2.24, 2.45) is 0 Å². The maximum atomic E-state index is 10.5. The number of benzene rings is 2. The predicted molar refractivity (Wildman–Crippen MR) is 150 cm³/mol. The van der Waals surface area contributed by atoms with E-state index in [1.807, 2.05) is 0 Å². The van der Waals surface area contributed by atoms with Gasteiger partial charge in [-0.25, -0.2) is 19.2 Å². The number of rotatable bonds is 7. The molecule has 0 aliphatic carbocycles. The van der Waals surface area contributed by atoms with Crippen LogP contribution in [0.3, 0.4) is 0 Å². The number of carbonyl (C=O) groups is 6. The molecular weight excluding hydrogens is 612 g/mol. The molecule has 0 amide bonds. The van der Waals surface area contributed by atoms with Crippen LogP contribution in [0, 0.1) is 27.7 Å². The Morgan fingerprint density at radius 3 is 0.870 bits per heavy atom. The zero-order valence-electron chi connectivity index (χ0n) is 25.0. The van der Waals surface area contributed by atoms with E-state index in [1.165, 1.54) is 33.9 Å². The maximum Gasteiger partial charge on any atom is 0.335 e. The molecule has 0 saturated carbocycles. The van der Waals surface area contributed by atoms with Crippen molar-refractivity contribution in [3.05, 3.63) is 92.6 Å². The van der Waals surface area contributed by atoms with Crippen LogP contribution in [-0.2, 0) is 0 Å². The Hall–Kier alpha value is -6.36. The summed E-state index contributed by atoms with van der Waals surface area (Å²) >= 11 is 0. The third-order valence-electron chi connectivity index (χ3n) is 5.95. The predicted octanol–water partition coefficient (Wildman–Crippen LogP) is -0.627. The average molecular weight is 643 g/mol. The molecule has 0 saturated heterocycles. The van der Waals surface area contributed by atoms with Gasteiger partial charge in [0.1, 0.15) is 0 Å². The minimum atomic E-state index is -1.62. The van der Waals surface area contributed by atoms with Gasteiger partial charge in [-0.3, -0.25) is 0 Å². The molecule has 2 aromatic carbocycles. The summed E-state index contributed by atoms with van der Waals surface area (Å²) in [5.74, 6) is -8.86.